The van der Waals surface area contributed by atoms with Crippen LogP contribution in [0.15, 0.2) is 36.4 Å². The maximum absolute atomic E-state index is 12.2. The van der Waals surface area contributed by atoms with Gasteiger partial charge in [0, 0.05) is 17.5 Å². The van der Waals surface area contributed by atoms with Crippen molar-refractivity contribution in [3.63, 3.8) is 0 Å². The van der Waals surface area contributed by atoms with Gasteiger partial charge in [-0.15, -0.1) is 0 Å². The number of nitrogens with one attached hydrogen (secondary N) is 1. The molecule has 1 unspecified atom stereocenters. The second-order valence-corrected chi connectivity index (χ2v) is 4.81. The second-order valence-electron chi connectivity index (χ2n) is 4.81. The molecule has 0 spiro atoms. The molecular weight excluding hydrogens is 270 g/mol. The first kappa shape index (κ1) is 14.8. The summed E-state index contributed by atoms with van der Waals surface area (Å²) in [5.74, 6) is -1.16. The zero-order valence-electron chi connectivity index (χ0n) is 11.9. The zero-order chi connectivity index (χ0) is 15.4. The van der Waals surface area contributed by atoms with Gasteiger partial charge in [0.1, 0.15) is 5.75 Å². The molecule has 5 heteroatoms. The highest BCUT2D eigenvalue weighted by Crippen LogP contribution is 2.28. The zero-order valence-corrected chi connectivity index (χ0v) is 11.9. The molecule has 0 aliphatic heterocycles. The summed E-state index contributed by atoms with van der Waals surface area (Å²) in [5, 5.41) is 13.1. The molecule has 0 aliphatic carbocycles. The fourth-order valence-electron chi connectivity index (χ4n) is 2.08. The smallest absolute Gasteiger partial charge is 0.308 e. The van der Waals surface area contributed by atoms with E-state index < -0.39 is 11.9 Å². The minimum Gasteiger partial charge on any atom is -0.496 e. The Hall–Kier alpha value is -2.56. The summed E-state index contributed by atoms with van der Waals surface area (Å²) < 4.78 is 5.28. The Kier molecular flexibility index (Phi) is 4.42. The van der Waals surface area contributed by atoms with E-state index in [9.17, 15) is 9.59 Å². The van der Waals surface area contributed by atoms with Gasteiger partial charge in [0.25, 0.3) is 5.91 Å². The average Bonchev–Trinajstić information content (AvgIpc) is 2.50. The third kappa shape index (κ3) is 3.13. The van der Waals surface area contributed by atoms with E-state index in [-0.39, 0.29) is 12.5 Å². The number of carbonyl (C=O) groups is 2. The molecule has 0 bridgehead atoms. The lowest BCUT2D eigenvalue weighted by molar-refractivity contribution is -0.140. The Labute approximate surface area is 122 Å². The molecule has 1 amide bonds. The fourth-order valence-corrected chi connectivity index (χ4v) is 2.08. The van der Waals surface area contributed by atoms with E-state index >= 15 is 0 Å². The number of fused-ring (bicyclic) bond motifs is 1. The van der Waals surface area contributed by atoms with Crippen molar-refractivity contribution in [1.29, 1.82) is 0 Å². The molecular formula is C16H17NO4. The van der Waals surface area contributed by atoms with Crippen LogP contribution in [0.1, 0.15) is 17.3 Å². The Morgan fingerprint density at radius 1 is 1.19 bits per heavy atom. The second kappa shape index (κ2) is 6.26. The van der Waals surface area contributed by atoms with Crippen molar-refractivity contribution in [3.8, 4) is 5.75 Å². The number of benzene rings is 2. The first-order valence-corrected chi connectivity index (χ1v) is 6.61. The predicted molar refractivity (Wildman–Crippen MR) is 79.6 cm³/mol. The lowest BCUT2D eigenvalue weighted by atomic mass is 10.0. The summed E-state index contributed by atoms with van der Waals surface area (Å²) in [6, 6.07) is 10.9. The van der Waals surface area contributed by atoms with Crippen LogP contribution in [-0.4, -0.2) is 30.6 Å². The van der Waals surface area contributed by atoms with Gasteiger partial charge in [-0.2, -0.15) is 0 Å². The van der Waals surface area contributed by atoms with Crippen LogP contribution in [-0.2, 0) is 4.79 Å². The van der Waals surface area contributed by atoms with E-state index in [1.165, 1.54) is 0 Å². The van der Waals surface area contributed by atoms with Crippen molar-refractivity contribution < 1.29 is 19.4 Å². The fraction of sp³-hybridized carbons (Fsp3) is 0.250. The maximum Gasteiger partial charge on any atom is 0.308 e. The molecule has 0 saturated heterocycles. The lowest BCUT2D eigenvalue weighted by Gasteiger charge is -2.12. The summed E-state index contributed by atoms with van der Waals surface area (Å²) in [6.45, 7) is 1.64. The molecule has 2 aromatic carbocycles. The summed E-state index contributed by atoms with van der Waals surface area (Å²) >= 11 is 0. The maximum atomic E-state index is 12.2. The molecule has 0 heterocycles. The monoisotopic (exact) mass is 287 g/mol. The molecule has 0 aromatic heterocycles. The van der Waals surface area contributed by atoms with Crippen LogP contribution in [0, 0.1) is 5.92 Å². The highest BCUT2D eigenvalue weighted by Gasteiger charge is 2.15. The van der Waals surface area contributed by atoms with Crippen molar-refractivity contribution in [2.45, 2.75) is 6.92 Å². The van der Waals surface area contributed by atoms with E-state index in [2.05, 4.69) is 5.32 Å². The molecule has 5 nitrogen and oxygen atoms in total. The number of amides is 1. The molecule has 2 rings (SSSR count). The molecule has 2 aromatic rings. The Bertz CT molecular complexity index is 681. The molecule has 0 saturated carbocycles. The van der Waals surface area contributed by atoms with Crippen LogP contribution in [0.4, 0.5) is 0 Å². The van der Waals surface area contributed by atoms with Crippen molar-refractivity contribution >= 4 is 22.6 Å². The van der Waals surface area contributed by atoms with Crippen molar-refractivity contribution in [2.24, 2.45) is 5.92 Å². The summed E-state index contributed by atoms with van der Waals surface area (Å²) in [5.41, 5.74) is 0.504. The number of hydrogen-bond donors (Lipinski definition) is 2. The van der Waals surface area contributed by atoms with Gasteiger partial charge < -0.3 is 15.2 Å². The van der Waals surface area contributed by atoms with Gasteiger partial charge in [0.05, 0.1) is 13.0 Å². The third-order valence-corrected chi connectivity index (χ3v) is 3.34. The van der Waals surface area contributed by atoms with Crippen LogP contribution in [0.3, 0.4) is 0 Å². The number of rotatable bonds is 5. The Balaban J connectivity index is 2.30. The van der Waals surface area contributed by atoms with E-state index in [0.29, 0.717) is 11.3 Å². The highest BCUT2D eigenvalue weighted by molar-refractivity contribution is 6.08. The number of ether oxygens (including phenoxy) is 1. The minimum absolute atomic E-state index is 0.0918. The molecule has 0 fully saturated rings. The summed E-state index contributed by atoms with van der Waals surface area (Å²) in [7, 11) is 1.58. The van der Waals surface area contributed by atoms with Crippen molar-refractivity contribution in [1.82, 2.24) is 5.32 Å². The number of carboxylic acid groups (broad SMARTS) is 1. The van der Waals surface area contributed by atoms with Gasteiger partial charge in [0.15, 0.2) is 0 Å². The van der Waals surface area contributed by atoms with Crippen LogP contribution in [0.2, 0.25) is 0 Å². The largest absolute Gasteiger partial charge is 0.496 e. The standard InChI is InChI=1S/C16H17NO4/c1-10(16(19)20)9-17-15(18)13-7-8-14(21-2)12-6-4-3-5-11(12)13/h3-8,10H,9H2,1-2H3,(H,17,18)(H,19,20). The lowest BCUT2D eigenvalue weighted by Crippen LogP contribution is -2.31. The van der Waals surface area contributed by atoms with Crippen LogP contribution >= 0.6 is 0 Å². The van der Waals surface area contributed by atoms with Crippen LogP contribution in [0.5, 0.6) is 5.75 Å². The van der Waals surface area contributed by atoms with E-state index in [1.807, 2.05) is 24.3 Å². The first-order valence-electron chi connectivity index (χ1n) is 6.61. The third-order valence-electron chi connectivity index (χ3n) is 3.34. The van der Waals surface area contributed by atoms with Crippen LogP contribution in [0.25, 0.3) is 10.8 Å². The normalized spacial score (nSPS) is 11.9. The van der Waals surface area contributed by atoms with Gasteiger partial charge in [-0.05, 0) is 17.5 Å². The summed E-state index contributed by atoms with van der Waals surface area (Å²) in [6.07, 6.45) is 0. The van der Waals surface area contributed by atoms with Gasteiger partial charge in [0.2, 0.25) is 0 Å². The predicted octanol–water partition coefficient (Wildman–Crippen LogP) is 2.30. The van der Waals surface area contributed by atoms with E-state index in [0.717, 1.165) is 10.8 Å². The highest BCUT2D eigenvalue weighted by atomic mass is 16.5. The number of carbonyl (C=O) groups excluding carboxylic acids is 1. The van der Waals surface area contributed by atoms with E-state index in [4.69, 9.17) is 9.84 Å². The molecule has 110 valence electrons. The molecule has 2 N–H and O–H groups in total. The summed E-state index contributed by atoms with van der Waals surface area (Å²) in [4.78, 5) is 23.0. The molecule has 0 radical (unpaired) electrons. The first-order chi connectivity index (χ1) is 10.0. The number of carboxylic acids is 1. The molecule has 0 aliphatic rings. The Morgan fingerprint density at radius 3 is 2.48 bits per heavy atom. The number of hydrogen-bond acceptors (Lipinski definition) is 3. The molecule has 21 heavy (non-hydrogen) atoms. The van der Waals surface area contributed by atoms with E-state index in [1.54, 1.807) is 26.2 Å². The SMILES string of the molecule is COc1ccc(C(=O)NCC(C)C(=O)O)c2ccccc12. The quantitative estimate of drug-likeness (QED) is 0.884. The topological polar surface area (TPSA) is 75.6 Å². The molecule has 1 atom stereocenters. The van der Waals surface area contributed by atoms with Gasteiger partial charge in [-0.1, -0.05) is 31.2 Å². The van der Waals surface area contributed by atoms with Crippen molar-refractivity contribution in [3.05, 3.63) is 42.0 Å². The average molecular weight is 287 g/mol. The van der Waals surface area contributed by atoms with Crippen molar-refractivity contribution in [2.75, 3.05) is 13.7 Å². The van der Waals surface area contributed by atoms with Gasteiger partial charge >= 0.3 is 5.97 Å². The number of methoxy groups -OCH3 is 1. The number of aliphatic carboxylic acids is 1. The minimum atomic E-state index is -0.935. The van der Waals surface area contributed by atoms with Gasteiger partial charge in [-0.3, -0.25) is 9.59 Å². The van der Waals surface area contributed by atoms with Crippen LogP contribution < -0.4 is 10.1 Å². The van der Waals surface area contributed by atoms with Gasteiger partial charge in [-0.25, -0.2) is 0 Å². The Morgan fingerprint density at radius 2 is 1.86 bits per heavy atom.